The third-order valence-electron chi connectivity index (χ3n) is 3.51. The first-order valence-electron chi connectivity index (χ1n) is 6.51. The van der Waals surface area contributed by atoms with Crippen LogP contribution in [0.15, 0.2) is 0 Å². The van der Waals surface area contributed by atoms with Crippen LogP contribution in [-0.2, 0) is 0 Å². The molecule has 0 saturated heterocycles. The molecule has 1 aliphatic rings. The first kappa shape index (κ1) is 13.0. The van der Waals surface area contributed by atoms with Crippen molar-refractivity contribution in [3.8, 4) is 0 Å². The highest BCUT2D eigenvalue weighted by atomic mass is 15.1. The van der Waals surface area contributed by atoms with E-state index in [1.807, 2.05) is 0 Å². The summed E-state index contributed by atoms with van der Waals surface area (Å²) in [7, 11) is 2.24. The topological polar surface area (TPSA) is 15.3 Å². The first-order valence-corrected chi connectivity index (χ1v) is 6.51. The van der Waals surface area contributed by atoms with Crippen molar-refractivity contribution in [2.75, 3.05) is 26.7 Å². The van der Waals surface area contributed by atoms with E-state index in [-0.39, 0.29) is 0 Å². The zero-order valence-electron chi connectivity index (χ0n) is 11.0. The van der Waals surface area contributed by atoms with E-state index < -0.39 is 0 Å². The van der Waals surface area contributed by atoms with Gasteiger partial charge in [-0.3, -0.25) is 0 Å². The quantitative estimate of drug-likeness (QED) is 0.665. The lowest BCUT2D eigenvalue weighted by Gasteiger charge is -2.33. The Kier molecular flexibility index (Phi) is 5.07. The van der Waals surface area contributed by atoms with Crippen LogP contribution in [-0.4, -0.2) is 37.6 Å². The highest BCUT2D eigenvalue weighted by Crippen LogP contribution is 2.25. The summed E-state index contributed by atoms with van der Waals surface area (Å²) in [6, 6.07) is 0.840. The second-order valence-electron chi connectivity index (χ2n) is 5.56. The molecule has 0 amide bonds. The minimum absolute atomic E-state index is 0.451. The zero-order chi connectivity index (χ0) is 11.3. The Morgan fingerprint density at radius 3 is 2.47 bits per heavy atom. The second-order valence-corrected chi connectivity index (χ2v) is 5.56. The van der Waals surface area contributed by atoms with E-state index in [1.54, 1.807) is 0 Å². The van der Waals surface area contributed by atoms with E-state index in [4.69, 9.17) is 0 Å². The number of hydrogen-bond donors (Lipinski definition) is 1. The molecule has 90 valence electrons. The Labute approximate surface area is 95.4 Å². The van der Waals surface area contributed by atoms with Crippen molar-refractivity contribution in [1.29, 1.82) is 0 Å². The summed E-state index contributed by atoms with van der Waals surface area (Å²) in [4.78, 5) is 2.47. The van der Waals surface area contributed by atoms with Gasteiger partial charge >= 0.3 is 0 Å². The van der Waals surface area contributed by atoms with E-state index in [9.17, 15) is 0 Å². The van der Waals surface area contributed by atoms with Crippen LogP contribution in [0.1, 0.15) is 46.5 Å². The van der Waals surface area contributed by atoms with E-state index in [2.05, 4.69) is 38.0 Å². The summed E-state index contributed by atoms with van der Waals surface area (Å²) in [5.74, 6) is 0. The van der Waals surface area contributed by atoms with Gasteiger partial charge in [0.25, 0.3) is 0 Å². The molecule has 1 rings (SSSR count). The lowest BCUT2D eigenvalue weighted by Crippen LogP contribution is -2.41. The average Bonchev–Trinajstić information content (AvgIpc) is 2.99. The molecule has 0 aliphatic heterocycles. The molecule has 1 N–H and O–H groups in total. The highest BCUT2D eigenvalue weighted by molar-refractivity contribution is 4.86. The normalized spacial score (nSPS) is 20.6. The maximum atomic E-state index is 3.67. The summed E-state index contributed by atoms with van der Waals surface area (Å²) in [6.07, 6.45) is 5.31. The van der Waals surface area contributed by atoms with Gasteiger partial charge in [0.1, 0.15) is 0 Å². The maximum Gasteiger partial charge on any atom is 0.00684 e. The van der Waals surface area contributed by atoms with Crippen molar-refractivity contribution in [1.82, 2.24) is 10.2 Å². The molecule has 0 radical (unpaired) electrons. The zero-order valence-corrected chi connectivity index (χ0v) is 11.0. The van der Waals surface area contributed by atoms with Crippen LogP contribution in [0.5, 0.6) is 0 Å². The van der Waals surface area contributed by atoms with Crippen LogP contribution in [0.4, 0.5) is 0 Å². The molecule has 2 heteroatoms. The molecule has 0 heterocycles. The van der Waals surface area contributed by atoms with E-state index >= 15 is 0 Å². The van der Waals surface area contributed by atoms with Crippen molar-refractivity contribution in [3.63, 3.8) is 0 Å². The van der Waals surface area contributed by atoms with Gasteiger partial charge in [-0.05, 0) is 44.7 Å². The van der Waals surface area contributed by atoms with Gasteiger partial charge in [0.15, 0.2) is 0 Å². The van der Waals surface area contributed by atoms with Gasteiger partial charge in [-0.1, -0.05) is 20.8 Å². The molecular weight excluding hydrogens is 184 g/mol. The number of rotatable bonds is 8. The second kappa shape index (κ2) is 5.86. The van der Waals surface area contributed by atoms with E-state index in [1.165, 1.54) is 45.3 Å². The van der Waals surface area contributed by atoms with Crippen LogP contribution in [0.25, 0.3) is 0 Å². The lowest BCUT2D eigenvalue weighted by atomic mass is 9.86. The fourth-order valence-corrected chi connectivity index (χ4v) is 2.08. The molecule has 1 unspecified atom stereocenters. The van der Waals surface area contributed by atoms with Crippen molar-refractivity contribution >= 4 is 0 Å². The van der Waals surface area contributed by atoms with Crippen LogP contribution < -0.4 is 5.32 Å². The Hall–Kier alpha value is -0.0800. The molecule has 0 bridgehead atoms. The van der Waals surface area contributed by atoms with Gasteiger partial charge < -0.3 is 10.2 Å². The SMILES string of the molecule is CCCN(C)CC(C)(CC)CNC1CC1. The standard InChI is InChI=1S/C13H28N2/c1-5-9-15(4)11-13(3,6-2)10-14-12-7-8-12/h12,14H,5-11H2,1-4H3. The van der Waals surface area contributed by atoms with E-state index in [0.29, 0.717) is 5.41 Å². The van der Waals surface area contributed by atoms with Crippen molar-refractivity contribution in [2.24, 2.45) is 5.41 Å². The summed E-state index contributed by atoms with van der Waals surface area (Å²) >= 11 is 0. The molecule has 1 atom stereocenters. The molecule has 1 fully saturated rings. The average molecular weight is 212 g/mol. The van der Waals surface area contributed by atoms with Gasteiger partial charge in [0.05, 0.1) is 0 Å². The Balaban J connectivity index is 2.28. The number of nitrogens with zero attached hydrogens (tertiary/aromatic N) is 1. The molecule has 1 saturated carbocycles. The molecule has 0 spiro atoms. The summed E-state index contributed by atoms with van der Waals surface area (Å²) in [5, 5.41) is 3.67. The molecule has 2 nitrogen and oxygen atoms in total. The van der Waals surface area contributed by atoms with Crippen molar-refractivity contribution in [2.45, 2.75) is 52.5 Å². The predicted octanol–water partition coefficient (Wildman–Crippen LogP) is 2.50. The van der Waals surface area contributed by atoms with Gasteiger partial charge in [-0.25, -0.2) is 0 Å². The Bertz CT molecular complexity index is 177. The third-order valence-corrected chi connectivity index (χ3v) is 3.51. The van der Waals surface area contributed by atoms with Crippen LogP contribution in [0, 0.1) is 5.41 Å². The van der Waals surface area contributed by atoms with Crippen LogP contribution >= 0.6 is 0 Å². The van der Waals surface area contributed by atoms with Gasteiger partial charge in [-0.2, -0.15) is 0 Å². The number of nitrogens with one attached hydrogen (secondary N) is 1. The molecule has 1 aliphatic carbocycles. The fourth-order valence-electron chi connectivity index (χ4n) is 2.08. The van der Waals surface area contributed by atoms with Crippen LogP contribution in [0.2, 0.25) is 0 Å². The minimum Gasteiger partial charge on any atom is -0.313 e. The highest BCUT2D eigenvalue weighted by Gasteiger charge is 2.28. The molecule has 0 aromatic carbocycles. The smallest absolute Gasteiger partial charge is 0.00684 e. The van der Waals surface area contributed by atoms with Crippen LogP contribution in [0.3, 0.4) is 0 Å². The van der Waals surface area contributed by atoms with E-state index in [0.717, 1.165) is 6.04 Å². The Morgan fingerprint density at radius 1 is 1.33 bits per heavy atom. The maximum absolute atomic E-state index is 3.67. The summed E-state index contributed by atoms with van der Waals surface area (Å²) in [5.41, 5.74) is 0.451. The molecule has 0 aromatic heterocycles. The largest absolute Gasteiger partial charge is 0.313 e. The fraction of sp³-hybridized carbons (Fsp3) is 1.00. The Morgan fingerprint density at radius 2 is 2.00 bits per heavy atom. The van der Waals surface area contributed by atoms with Gasteiger partial charge in [0.2, 0.25) is 0 Å². The number of hydrogen-bond acceptors (Lipinski definition) is 2. The lowest BCUT2D eigenvalue weighted by molar-refractivity contribution is 0.180. The monoisotopic (exact) mass is 212 g/mol. The van der Waals surface area contributed by atoms with Crippen molar-refractivity contribution < 1.29 is 0 Å². The first-order chi connectivity index (χ1) is 7.09. The molecular formula is C13H28N2. The van der Waals surface area contributed by atoms with Gasteiger partial charge in [0, 0.05) is 19.1 Å². The molecule has 15 heavy (non-hydrogen) atoms. The third kappa shape index (κ3) is 4.98. The van der Waals surface area contributed by atoms with Crippen molar-refractivity contribution in [3.05, 3.63) is 0 Å². The minimum atomic E-state index is 0.451. The predicted molar refractivity (Wildman–Crippen MR) is 67.2 cm³/mol. The molecule has 0 aromatic rings. The van der Waals surface area contributed by atoms with Gasteiger partial charge in [-0.15, -0.1) is 0 Å². The summed E-state index contributed by atoms with van der Waals surface area (Å²) < 4.78 is 0. The summed E-state index contributed by atoms with van der Waals surface area (Å²) in [6.45, 7) is 10.6.